The van der Waals surface area contributed by atoms with Gasteiger partial charge in [-0.15, -0.1) is 0 Å². The average Bonchev–Trinajstić information content (AvgIpc) is 2.40. The molecule has 2 rings (SSSR count). The number of halogens is 2. The first-order valence-electron chi connectivity index (χ1n) is 6.07. The van der Waals surface area contributed by atoms with Gasteiger partial charge in [-0.1, -0.05) is 40.2 Å². The molecule has 0 bridgehead atoms. The lowest BCUT2D eigenvalue weighted by Gasteiger charge is -2.19. The van der Waals surface area contributed by atoms with Gasteiger partial charge in [0, 0.05) is 4.47 Å². The highest BCUT2D eigenvalue weighted by atomic mass is 79.9. The normalized spacial score (nSPS) is 12.4. The SMILES string of the molecule is Cc1c(Br)cccc1C(Cc1cccc(F)c1)NN. The van der Waals surface area contributed by atoms with E-state index < -0.39 is 0 Å². The van der Waals surface area contributed by atoms with Gasteiger partial charge in [0.2, 0.25) is 0 Å². The van der Waals surface area contributed by atoms with Crippen LogP contribution >= 0.6 is 15.9 Å². The molecule has 0 fully saturated rings. The van der Waals surface area contributed by atoms with E-state index in [0.29, 0.717) is 6.42 Å². The summed E-state index contributed by atoms with van der Waals surface area (Å²) >= 11 is 3.51. The van der Waals surface area contributed by atoms with Gasteiger partial charge in [0.05, 0.1) is 6.04 Å². The van der Waals surface area contributed by atoms with Crippen LogP contribution in [0.5, 0.6) is 0 Å². The van der Waals surface area contributed by atoms with E-state index in [9.17, 15) is 4.39 Å². The van der Waals surface area contributed by atoms with E-state index in [1.807, 2.05) is 31.2 Å². The van der Waals surface area contributed by atoms with Crippen molar-refractivity contribution in [2.45, 2.75) is 19.4 Å². The summed E-state index contributed by atoms with van der Waals surface area (Å²) in [7, 11) is 0. The van der Waals surface area contributed by atoms with Gasteiger partial charge in [0.25, 0.3) is 0 Å². The summed E-state index contributed by atoms with van der Waals surface area (Å²) in [6, 6.07) is 12.6. The zero-order chi connectivity index (χ0) is 13.8. The number of nitrogens with one attached hydrogen (secondary N) is 1. The van der Waals surface area contributed by atoms with Crippen LogP contribution in [0.2, 0.25) is 0 Å². The summed E-state index contributed by atoms with van der Waals surface area (Å²) in [5, 5.41) is 0. The molecule has 1 atom stereocenters. The Balaban J connectivity index is 2.28. The Labute approximate surface area is 120 Å². The fourth-order valence-electron chi connectivity index (χ4n) is 2.16. The fraction of sp³-hybridized carbons (Fsp3) is 0.200. The number of nitrogens with two attached hydrogens (primary N) is 1. The lowest BCUT2D eigenvalue weighted by molar-refractivity contribution is 0.546. The average molecular weight is 323 g/mol. The van der Waals surface area contributed by atoms with E-state index in [0.717, 1.165) is 21.2 Å². The second-order valence-electron chi connectivity index (χ2n) is 4.51. The minimum Gasteiger partial charge on any atom is -0.271 e. The Kier molecular flexibility index (Phi) is 4.69. The molecule has 2 nitrogen and oxygen atoms in total. The summed E-state index contributed by atoms with van der Waals surface area (Å²) in [6.07, 6.45) is 0.644. The van der Waals surface area contributed by atoms with Crippen molar-refractivity contribution in [3.8, 4) is 0 Å². The van der Waals surface area contributed by atoms with Crippen LogP contribution in [-0.2, 0) is 6.42 Å². The molecule has 0 aliphatic heterocycles. The summed E-state index contributed by atoms with van der Waals surface area (Å²) < 4.78 is 14.3. The predicted molar refractivity (Wildman–Crippen MR) is 79.0 cm³/mol. The van der Waals surface area contributed by atoms with Gasteiger partial charge >= 0.3 is 0 Å². The van der Waals surface area contributed by atoms with Crippen LogP contribution in [0, 0.1) is 12.7 Å². The molecule has 0 saturated carbocycles. The summed E-state index contributed by atoms with van der Waals surface area (Å²) in [5.41, 5.74) is 5.98. The zero-order valence-corrected chi connectivity index (χ0v) is 12.2. The second kappa shape index (κ2) is 6.28. The lowest BCUT2D eigenvalue weighted by atomic mass is 9.96. The van der Waals surface area contributed by atoms with Crippen LogP contribution in [0.25, 0.3) is 0 Å². The molecule has 2 aromatic rings. The molecule has 0 heterocycles. The van der Waals surface area contributed by atoms with Crippen molar-refractivity contribution in [2.24, 2.45) is 5.84 Å². The van der Waals surface area contributed by atoms with Crippen molar-refractivity contribution in [1.82, 2.24) is 5.43 Å². The Morgan fingerprint density at radius 2 is 2.00 bits per heavy atom. The van der Waals surface area contributed by atoms with Crippen molar-refractivity contribution >= 4 is 15.9 Å². The second-order valence-corrected chi connectivity index (χ2v) is 5.36. The van der Waals surface area contributed by atoms with E-state index >= 15 is 0 Å². The molecule has 100 valence electrons. The van der Waals surface area contributed by atoms with Gasteiger partial charge in [-0.3, -0.25) is 11.3 Å². The van der Waals surface area contributed by atoms with Crippen molar-refractivity contribution < 1.29 is 4.39 Å². The highest BCUT2D eigenvalue weighted by molar-refractivity contribution is 9.10. The molecule has 4 heteroatoms. The predicted octanol–water partition coefficient (Wildman–Crippen LogP) is 3.64. The highest BCUT2D eigenvalue weighted by Gasteiger charge is 2.14. The maximum absolute atomic E-state index is 13.2. The van der Waals surface area contributed by atoms with Crippen LogP contribution in [0.1, 0.15) is 22.7 Å². The number of rotatable bonds is 4. The van der Waals surface area contributed by atoms with Gasteiger partial charge in [-0.05, 0) is 48.2 Å². The molecule has 0 aromatic heterocycles. The number of hydrogen-bond donors (Lipinski definition) is 2. The van der Waals surface area contributed by atoms with Crippen molar-refractivity contribution in [1.29, 1.82) is 0 Å². The van der Waals surface area contributed by atoms with Crippen LogP contribution in [0.3, 0.4) is 0 Å². The fourth-order valence-corrected chi connectivity index (χ4v) is 2.54. The van der Waals surface area contributed by atoms with Crippen molar-refractivity contribution in [2.75, 3.05) is 0 Å². The smallest absolute Gasteiger partial charge is 0.123 e. The first-order chi connectivity index (χ1) is 9.11. The van der Waals surface area contributed by atoms with Gasteiger partial charge in [0.1, 0.15) is 5.82 Å². The third-order valence-electron chi connectivity index (χ3n) is 3.22. The molecule has 19 heavy (non-hydrogen) atoms. The van der Waals surface area contributed by atoms with Crippen LogP contribution < -0.4 is 11.3 Å². The summed E-state index contributed by atoms with van der Waals surface area (Å²) in [6.45, 7) is 2.04. The quantitative estimate of drug-likeness (QED) is 0.666. The molecule has 1 unspecified atom stereocenters. The molecule has 0 radical (unpaired) electrons. The molecular weight excluding hydrogens is 307 g/mol. The first kappa shape index (κ1) is 14.2. The Morgan fingerprint density at radius 3 is 2.68 bits per heavy atom. The molecular formula is C15H16BrFN2. The van der Waals surface area contributed by atoms with Gasteiger partial charge in [0.15, 0.2) is 0 Å². The zero-order valence-electron chi connectivity index (χ0n) is 10.7. The van der Waals surface area contributed by atoms with Crippen LogP contribution in [0.15, 0.2) is 46.9 Å². The van der Waals surface area contributed by atoms with E-state index in [1.165, 1.54) is 12.1 Å². The van der Waals surface area contributed by atoms with Gasteiger partial charge in [-0.25, -0.2) is 4.39 Å². The van der Waals surface area contributed by atoms with Crippen LogP contribution in [-0.4, -0.2) is 0 Å². The third-order valence-corrected chi connectivity index (χ3v) is 4.07. The largest absolute Gasteiger partial charge is 0.271 e. The first-order valence-corrected chi connectivity index (χ1v) is 6.86. The molecule has 0 spiro atoms. The lowest BCUT2D eigenvalue weighted by Crippen LogP contribution is -2.30. The standard InChI is InChI=1S/C15H16BrFN2/c1-10-13(6-3-7-14(10)16)15(19-18)9-11-4-2-5-12(17)8-11/h2-8,15,19H,9,18H2,1H3. The summed E-state index contributed by atoms with van der Waals surface area (Å²) in [4.78, 5) is 0. The maximum atomic E-state index is 13.2. The minimum absolute atomic E-state index is 0.0423. The Bertz CT molecular complexity index is 572. The van der Waals surface area contributed by atoms with Crippen LogP contribution in [0.4, 0.5) is 4.39 Å². The van der Waals surface area contributed by atoms with Crippen molar-refractivity contribution in [3.63, 3.8) is 0 Å². The van der Waals surface area contributed by atoms with Crippen molar-refractivity contribution in [3.05, 3.63) is 69.4 Å². The van der Waals surface area contributed by atoms with E-state index in [1.54, 1.807) is 6.07 Å². The van der Waals surface area contributed by atoms with Gasteiger partial charge in [-0.2, -0.15) is 0 Å². The summed E-state index contributed by atoms with van der Waals surface area (Å²) in [5.74, 6) is 5.43. The molecule has 2 aromatic carbocycles. The minimum atomic E-state index is -0.223. The Hall–Kier alpha value is -1.23. The molecule has 0 amide bonds. The number of benzene rings is 2. The van der Waals surface area contributed by atoms with E-state index in [-0.39, 0.29) is 11.9 Å². The maximum Gasteiger partial charge on any atom is 0.123 e. The highest BCUT2D eigenvalue weighted by Crippen LogP contribution is 2.26. The van der Waals surface area contributed by atoms with E-state index in [2.05, 4.69) is 21.4 Å². The number of hydrazine groups is 1. The topological polar surface area (TPSA) is 38.0 Å². The molecule has 0 aliphatic rings. The molecule has 3 N–H and O–H groups in total. The third kappa shape index (κ3) is 3.41. The van der Waals surface area contributed by atoms with Gasteiger partial charge < -0.3 is 0 Å². The molecule has 0 aliphatic carbocycles. The van der Waals surface area contributed by atoms with E-state index in [4.69, 9.17) is 5.84 Å². The Morgan fingerprint density at radius 1 is 1.26 bits per heavy atom. The molecule has 0 saturated heterocycles. The monoisotopic (exact) mass is 322 g/mol. The number of hydrogen-bond acceptors (Lipinski definition) is 2.